The van der Waals surface area contributed by atoms with Crippen LogP contribution in [0.5, 0.6) is 0 Å². The summed E-state index contributed by atoms with van der Waals surface area (Å²) in [5.74, 6) is 0. The van der Waals surface area contributed by atoms with Crippen molar-refractivity contribution in [1.82, 2.24) is 10.2 Å². The molecule has 2 amide bonds. The Morgan fingerprint density at radius 1 is 1.19 bits per heavy atom. The molecule has 1 heterocycles. The topological polar surface area (TPSA) is 53.9 Å². The molecule has 1 atom stereocenters. The third kappa shape index (κ3) is 4.63. The Morgan fingerprint density at radius 2 is 1.92 bits per heavy atom. The van der Waals surface area contributed by atoms with E-state index in [-0.39, 0.29) is 12.1 Å². The van der Waals surface area contributed by atoms with E-state index in [1.807, 2.05) is 37.3 Å². The summed E-state index contributed by atoms with van der Waals surface area (Å²) in [6, 6.07) is 18.2. The summed E-state index contributed by atoms with van der Waals surface area (Å²) in [7, 11) is 0. The molecule has 0 saturated carbocycles. The number of rotatable bonds is 6. The van der Waals surface area contributed by atoms with Crippen molar-refractivity contribution in [2.24, 2.45) is 5.16 Å². The van der Waals surface area contributed by atoms with Gasteiger partial charge in [-0.15, -0.1) is 0 Å². The number of carbonyl (C=O) groups is 1. The molecule has 26 heavy (non-hydrogen) atoms. The van der Waals surface area contributed by atoms with Crippen molar-refractivity contribution in [2.45, 2.75) is 32.9 Å². The first-order chi connectivity index (χ1) is 12.7. The molecule has 2 aromatic rings. The third-order valence-corrected chi connectivity index (χ3v) is 4.37. The standard InChI is InChI=1S/C21H25N3O2/c1-3-22-21(25)24(14-17-7-5-4-6-8-17)15-19-13-20(23-26-19)18-11-9-16(2)10-12-18/h4-12,19H,3,13-15H2,1-2H3,(H,22,25). The molecule has 1 aliphatic rings. The summed E-state index contributed by atoms with van der Waals surface area (Å²) in [6.45, 7) is 5.63. The van der Waals surface area contributed by atoms with Crippen molar-refractivity contribution in [3.63, 3.8) is 0 Å². The van der Waals surface area contributed by atoms with Crippen molar-refractivity contribution < 1.29 is 9.63 Å². The van der Waals surface area contributed by atoms with Gasteiger partial charge >= 0.3 is 6.03 Å². The Labute approximate surface area is 154 Å². The van der Waals surface area contributed by atoms with Gasteiger partial charge in [0.1, 0.15) is 0 Å². The predicted octanol–water partition coefficient (Wildman–Crippen LogP) is 3.72. The van der Waals surface area contributed by atoms with Crippen LogP contribution in [0.1, 0.15) is 30.0 Å². The van der Waals surface area contributed by atoms with Crippen LogP contribution in [0, 0.1) is 6.92 Å². The van der Waals surface area contributed by atoms with Crippen molar-refractivity contribution >= 4 is 11.7 Å². The first-order valence-corrected chi connectivity index (χ1v) is 9.02. The zero-order valence-electron chi connectivity index (χ0n) is 15.3. The summed E-state index contributed by atoms with van der Waals surface area (Å²) < 4.78 is 0. The molecule has 0 fully saturated rings. The molecule has 0 bridgehead atoms. The van der Waals surface area contributed by atoms with Gasteiger partial charge in [-0.25, -0.2) is 4.79 Å². The van der Waals surface area contributed by atoms with Crippen LogP contribution in [0.2, 0.25) is 0 Å². The molecule has 136 valence electrons. The number of aryl methyl sites for hydroxylation is 1. The summed E-state index contributed by atoms with van der Waals surface area (Å²) in [4.78, 5) is 19.8. The number of oxime groups is 1. The molecule has 3 rings (SSSR count). The van der Waals surface area contributed by atoms with Crippen LogP contribution in [0.25, 0.3) is 0 Å². The third-order valence-electron chi connectivity index (χ3n) is 4.37. The molecule has 0 aromatic heterocycles. The van der Waals surface area contributed by atoms with Gasteiger partial charge in [0.25, 0.3) is 0 Å². The molecule has 0 spiro atoms. The van der Waals surface area contributed by atoms with E-state index in [2.05, 4.69) is 41.7 Å². The van der Waals surface area contributed by atoms with E-state index in [9.17, 15) is 4.79 Å². The Kier molecular flexibility index (Phi) is 5.89. The number of nitrogens with zero attached hydrogens (tertiary/aromatic N) is 2. The highest BCUT2D eigenvalue weighted by atomic mass is 16.6. The van der Waals surface area contributed by atoms with E-state index < -0.39 is 0 Å². The van der Waals surface area contributed by atoms with Crippen molar-refractivity contribution in [3.05, 3.63) is 71.3 Å². The summed E-state index contributed by atoms with van der Waals surface area (Å²) >= 11 is 0. The molecule has 5 heteroatoms. The summed E-state index contributed by atoms with van der Waals surface area (Å²) in [6.07, 6.45) is 0.575. The number of hydrogen-bond donors (Lipinski definition) is 1. The quantitative estimate of drug-likeness (QED) is 0.862. The van der Waals surface area contributed by atoms with Crippen LogP contribution in [0.15, 0.2) is 59.8 Å². The second kappa shape index (κ2) is 8.52. The number of hydrogen-bond acceptors (Lipinski definition) is 3. The molecule has 0 radical (unpaired) electrons. The lowest BCUT2D eigenvalue weighted by Gasteiger charge is -2.25. The normalized spacial score (nSPS) is 15.9. The number of urea groups is 1. The predicted molar refractivity (Wildman–Crippen MR) is 103 cm³/mol. The lowest BCUT2D eigenvalue weighted by Crippen LogP contribution is -2.43. The number of carbonyl (C=O) groups excluding carboxylic acids is 1. The molecular weight excluding hydrogens is 326 g/mol. The Balaban J connectivity index is 1.64. The van der Waals surface area contributed by atoms with E-state index in [0.29, 0.717) is 26.1 Å². The second-order valence-corrected chi connectivity index (χ2v) is 6.54. The van der Waals surface area contributed by atoms with E-state index >= 15 is 0 Å². The van der Waals surface area contributed by atoms with Gasteiger partial charge in [0.15, 0.2) is 6.10 Å². The van der Waals surface area contributed by atoms with Crippen molar-refractivity contribution in [3.8, 4) is 0 Å². The average Bonchev–Trinajstić information content (AvgIpc) is 3.11. The largest absolute Gasteiger partial charge is 0.390 e. The van der Waals surface area contributed by atoms with Crippen LogP contribution in [0.3, 0.4) is 0 Å². The smallest absolute Gasteiger partial charge is 0.317 e. The summed E-state index contributed by atoms with van der Waals surface area (Å²) in [5, 5.41) is 7.12. The first kappa shape index (κ1) is 18.0. The van der Waals surface area contributed by atoms with Gasteiger partial charge in [0.2, 0.25) is 0 Å². The number of benzene rings is 2. The van der Waals surface area contributed by atoms with Crippen LogP contribution < -0.4 is 5.32 Å². The van der Waals surface area contributed by atoms with Gasteiger partial charge < -0.3 is 15.1 Å². The van der Waals surface area contributed by atoms with Gasteiger partial charge in [-0.1, -0.05) is 65.3 Å². The maximum absolute atomic E-state index is 12.4. The average molecular weight is 351 g/mol. The van der Waals surface area contributed by atoms with E-state index in [1.165, 1.54) is 5.56 Å². The van der Waals surface area contributed by atoms with E-state index in [0.717, 1.165) is 16.8 Å². The van der Waals surface area contributed by atoms with Gasteiger partial charge in [-0.2, -0.15) is 0 Å². The minimum absolute atomic E-state index is 0.0799. The monoisotopic (exact) mass is 351 g/mol. The molecular formula is C21H25N3O2. The van der Waals surface area contributed by atoms with Gasteiger partial charge in [-0.3, -0.25) is 0 Å². The van der Waals surface area contributed by atoms with Crippen LogP contribution in [0.4, 0.5) is 4.79 Å². The molecule has 0 aliphatic carbocycles. The lowest BCUT2D eigenvalue weighted by atomic mass is 10.0. The Bertz CT molecular complexity index is 757. The first-order valence-electron chi connectivity index (χ1n) is 9.02. The maximum Gasteiger partial charge on any atom is 0.317 e. The second-order valence-electron chi connectivity index (χ2n) is 6.54. The Morgan fingerprint density at radius 3 is 2.62 bits per heavy atom. The highest BCUT2D eigenvalue weighted by Gasteiger charge is 2.26. The number of amides is 2. The van der Waals surface area contributed by atoms with Crippen molar-refractivity contribution in [1.29, 1.82) is 0 Å². The fourth-order valence-corrected chi connectivity index (χ4v) is 2.97. The zero-order chi connectivity index (χ0) is 18.4. The molecule has 5 nitrogen and oxygen atoms in total. The molecule has 0 saturated heterocycles. The van der Waals surface area contributed by atoms with E-state index in [4.69, 9.17) is 4.84 Å². The fourth-order valence-electron chi connectivity index (χ4n) is 2.97. The fraction of sp³-hybridized carbons (Fsp3) is 0.333. The zero-order valence-corrected chi connectivity index (χ0v) is 15.3. The summed E-state index contributed by atoms with van der Waals surface area (Å²) in [5.41, 5.74) is 4.32. The lowest BCUT2D eigenvalue weighted by molar-refractivity contribution is 0.0590. The maximum atomic E-state index is 12.4. The highest BCUT2D eigenvalue weighted by Crippen LogP contribution is 2.19. The molecule has 1 aliphatic heterocycles. The molecule has 1 unspecified atom stereocenters. The van der Waals surface area contributed by atoms with Crippen LogP contribution in [-0.4, -0.2) is 35.8 Å². The van der Waals surface area contributed by atoms with Crippen LogP contribution >= 0.6 is 0 Å². The Hall–Kier alpha value is -2.82. The van der Waals surface area contributed by atoms with Gasteiger partial charge in [0, 0.05) is 19.5 Å². The highest BCUT2D eigenvalue weighted by molar-refractivity contribution is 6.01. The van der Waals surface area contributed by atoms with E-state index in [1.54, 1.807) is 4.90 Å². The SMILES string of the molecule is CCNC(=O)N(Cc1ccccc1)CC1CC(c2ccc(C)cc2)=NO1. The minimum Gasteiger partial charge on any atom is -0.390 e. The van der Waals surface area contributed by atoms with Gasteiger partial charge in [0.05, 0.1) is 12.3 Å². The molecule has 1 N–H and O–H groups in total. The molecule has 2 aromatic carbocycles. The van der Waals surface area contributed by atoms with Crippen LogP contribution in [-0.2, 0) is 11.4 Å². The van der Waals surface area contributed by atoms with Gasteiger partial charge in [-0.05, 0) is 25.0 Å². The van der Waals surface area contributed by atoms with Crippen molar-refractivity contribution in [2.75, 3.05) is 13.1 Å². The number of nitrogens with one attached hydrogen (secondary N) is 1. The minimum atomic E-state index is -0.127.